The molecule has 0 spiro atoms. The lowest BCUT2D eigenvalue weighted by molar-refractivity contribution is -0.683. The summed E-state index contributed by atoms with van der Waals surface area (Å²) in [6.07, 6.45) is 3.15. The van der Waals surface area contributed by atoms with Crippen molar-refractivity contribution in [3.63, 3.8) is 0 Å². The molecule has 0 unspecified atom stereocenters. The fourth-order valence-corrected chi connectivity index (χ4v) is 1.82. The van der Waals surface area contributed by atoms with Crippen LogP contribution in [-0.2, 0) is 6.54 Å². The molecule has 0 aliphatic heterocycles. The predicted molar refractivity (Wildman–Crippen MR) is 75.7 cm³/mol. The van der Waals surface area contributed by atoms with E-state index in [2.05, 4.69) is 0 Å². The van der Waals surface area contributed by atoms with Crippen LogP contribution in [0.3, 0.4) is 0 Å². The number of nitrogen functional groups attached to an aromatic ring is 1. The first kappa shape index (κ1) is 15.3. The first-order chi connectivity index (χ1) is 10.5. The number of non-ortho nitro benzene ring substituents is 1. The van der Waals surface area contributed by atoms with Gasteiger partial charge in [-0.25, -0.2) is 5.84 Å². The van der Waals surface area contributed by atoms with Crippen LogP contribution in [0.4, 0.5) is 5.69 Å². The summed E-state index contributed by atoms with van der Waals surface area (Å²) in [5.74, 6) is 4.40. The number of amides is 1. The van der Waals surface area contributed by atoms with Crippen molar-refractivity contribution in [3.05, 3.63) is 70.0 Å². The summed E-state index contributed by atoms with van der Waals surface area (Å²) in [6.45, 7) is 0.0579. The van der Waals surface area contributed by atoms with Crippen LogP contribution in [0, 0.1) is 10.1 Å². The van der Waals surface area contributed by atoms with Crippen molar-refractivity contribution in [1.82, 2.24) is 5.43 Å². The van der Waals surface area contributed by atoms with E-state index < -0.39 is 10.8 Å². The minimum Gasteiger partial charge on any atom is -0.290 e. The van der Waals surface area contributed by atoms with Gasteiger partial charge >= 0.3 is 0 Å². The Bertz CT molecular complexity index is 711. The molecule has 0 saturated carbocycles. The Balaban J connectivity index is 2.08. The maximum atomic E-state index is 12.1. The summed E-state index contributed by atoms with van der Waals surface area (Å²) < 4.78 is 1.59. The number of nitrogens with two attached hydrogens (primary N) is 1. The molecular formula is C14H13N4O4+. The highest BCUT2D eigenvalue weighted by Crippen LogP contribution is 2.12. The Hall–Kier alpha value is -3.13. The monoisotopic (exact) mass is 301 g/mol. The van der Waals surface area contributed by atoms with Crippen molar-refractivity contribution >= 4 is 17.4 Å². The maximum absolute atomic E-state index is 12.1. The van der Waals surface area contributed by atoms with Gasteiger partial charge < -0.3 is 0 Å². The molecule has 8 nitrogen and oxygen atoms in total. The van der Waals surface area contributed by atoms with Crippen LogP contribution in [0.25, 0.3) is 0 Å². The van der Waals surface area contributed by atoms with Gasteiger partial charge in [0.25, 0.3) is 11.6 Å². The summed E-state index contributed by atoms with van der Waals surface area (Å²) in [5, 5.41) is 10.6. The molecule has 112 valence electrons. The number of aromatic nitrogens is 1. The molecule has 1 amide bonds. The number of nitrogens with zero attached hydrogens (tertiary/aromatic N) is 2. The first-order valence-electron chi connectivity index (χ1n) is 6.29. The third-order valence-corrected chi connectivity index (χ3v) is 3.01. The van der Waals surface area contributed by atoms with E-state index in [-0.39, 0.29) is 18.0 Å². The highest BCUT2D eigenvalue weighted by molar-refractivity contribution is 5.95. The molecular weight excluding hydrogens is 288 g/mol. The summed E-state index contributed by atoms with van der Waals surface area (Å²) in [5.41, 5.74) is 2.70. The molecule has 0 aliphatic carbocycles. The van der Waals surface area contributed by atoms with E-state index in [1.165, 1.54) is 36.4 Å². The van der Waals surface area contributed by atoms with Crippen molar-refractivity contribution in [1.29, 1.82) is 0 Å². The molecule has 0 atom stereocenters. The summed E-state index contributed by atoms with van der Waals surface area (Å²) in [4.78, 5) is 33.4. The molecule has 2 aromatic rings. The molecule has 3 N–H and O–H groups in total. The van der Waals surface area contributed by atoms with E-state index in [4.69, 9.17) is 5.84 Å². The smallest absolute Gasteiger partial charge is 0.269 e. The number of carbonyl (C=O) groups is 2. The molecule has 0 saturated heterocycles. The second-order valence-electron chi connectivity index (χ2n) is 4.46. The Morgan fingerprint density at radius 1 is 1.09 bits per heavy atom. The number of nitro groups is 1. The zero-order valence-electron chi connectivity index (χ0n) is 11.4. The Kier molecular flexibility index (Phi) is 4.54. The van der Waals surface area contributed by atoms with Gasteiger partial charge in [0, 0.05) is 29.8 Å². The largest absolute Gasteiger partial charge is 0.290 e. The number of benzene rings is 1. The number of nitrogens with one attached hydrogen (secondary N) is 1. The second kappa shape index (κ2) is 6.55. The van der Waals surface area contributed by atoms with Gasteiger partial charge in [-0.2, -0.15) is 4.57 Å². The lowest BCUT2D eigenvalue weighted by Crippen LogP contribution is -2.38. The number of hydrazine groups is 1. The third-order valence-electron chi connectivity index (χ3n) is 3.01. The normalized spacial score (nSPS) is 10.0. The summed E-state index contributed by atoms with van der Waals surface area (Å²) in [7, 11) is 0. The molecule has 1 aromatic heterocycles. The fraction of sp³-hybridized carbons (Fsp3) is 0.0714. The Labute approximate surface area is 125 Å². The molecule has 22 heavy (non-hydrogen) atoms. The standard InChI is InChI=1S/C14H12N4O4/c15-16-14(20)11-5-7-17(8-6-11)9-13(19)10-1-3-12(4-2-10)18(21)22/h1-8,15,20H,9H2/p+1. The minimum atomic E-state index is -0.524. The number of nitro benzene ring substituents is 1. The number of pyridine rings is 1. The minimum absolute atomic E-state index is 0.0579. The van der Waals surface area contributed by atoms with E-state index in [0.717, 1.165) is 0 Å². The zero-order valence-corrected chi connectivity index (χ0v) is 11.4. The van der Waals surface area contributed by atoms with Crippen LogP contribution < -0.4 is 15.8 Å². The average Bonchev–Trinajstić information content (AvgIpc) is 2.54. The molecule has 0 radical (unpaired) electrons. The van der Waals surface area contributed by atoms with E-state index in [1.54, 1.807) is 17.0 Å². The maximum Gasteiger partial charge on any atom is 0.269 e. The van der Waals surface area contributed by atoms with E-state index >= 15 is 0 Å². The van der Waals surface area contributed by atoms with Gasteiger partial charge in [0.1, 0.15) is 0 Å². The number of rotatable bonds is 5. The summed E-state index contributed by atoms with van der Waals surface area (Å²) >= 11 is 0. The van der Waals surface area contributed by atoms with E-state index in [0.29, 0.717) is 11.1 Å². The van der Waals surface area contributed by atoms with Crippen molar-refractivity contribution < 1.29 is 19.1 Å². The number of hydrogen-bond donors (Lipinski definition) is 2. The van der Waals surface area contributed by atoms with Crippen LogP contribution in [0.1, 0.15) is 20.7 Å². The van der Waals surface area contributed by atoms with Gasteiger partial charge in [0.15, 0.2) is 12.4 Å². The highest BCUT2D eigenvalue weighted by atomic mass is 16.6. The molecule has 0 fully saturated rings. The lowest BCUT2D eigenvalue weighted by Gasteiger charge is -2.00. The lowest BCUT2D eigenvalue weighted by atomic mass is 10.1. The van der Waals surface area contributed by atoms with E-state index in [1.807, 2.05) is 5.43 Å². The van der Waals surface area contributed by atoms with E-state index in [9.17, 15) is 19.7 Å². The van der Waals surface area contributed by atoms with Crippen LogP contribution in [0.2, 0.25) is 0 Å². The van der Waals surface area contributed by atoms with Crippen LogP contribution in [0.5, 0.6) is 0 Å². The van der Waals surface area contributed by atoms with Crippen molar-refractivity contribution in [3.8, 4) is 0 Å². The van der Waals surface area contributed by atoms with Crippen molar-refractivity contribution in [2.24, 2.45) is 5.84 Å². The molecule has 1 heterocycles. The fourth-order valence-electron chi connectivity index (χ4n) is 1.82. The predicted octanol–water partition coefficient (Wildman–Crippen LogP) is 0.369. The molecule has 1 aromatic carbocycles. The van der Waals surface area contributed by atoms with Gasteiger partial charge in [-0.05, 0) is 12.1 Å². The van der Waals surface area contributed by atoms with Crippen molar-refractivity contribution in [2.45, 2.75) is 6.54 Å². The summed E-state index contributed by atoms with van der Waals surface area (Å²) in [6, 6.07) is 8.46. The number of carbonyl (C=O) groups excluding carboxylic acids is 2. The Morgan fingerprint density at radius 3 is 2.18 bits per heavy atom. The number of Topliss-reactive ketones (excluding diaryl/α,β-unsaturated/α-hetero) is 1. The topological polar surface area (TPSA) is 119 Å². The molecule has 0 bridgehead atoms. The van der Waals surface area contributed by atoms with Gasteiger partial charge in [0.05, 0.1) is 10.5 Å². The van der Waals surface area contributed by atoms with Gasteiger partial charge in [0.2, 0.25) is 12.3 Å². The van der Waals surface area contributed by atoms with Gasteiger partial charge in [-0.3, -0.25) is 25.1 Å². The quantitative estimate of drug-likeness (QED) is 0.206. The van der Waals surface area contributed by atoms with Gasteiger partial charge in [-0.15, -0.1) is 0 Å². The SMILES string of the molecule is NNC(=O)c1cc[n+](CC(=O)c2ccc([N+](=O)[O-])cc2)cc1. The molecule has 8 heteroatoms. The van der Waals surface area contributed by atoms with Crippen molar-refractivity contribution in [2.75, 3.05) is 0 Å². The molecule has 0 aliphatic rings. The molecule has 2 rings (SSSR count). The zero-order chi connectivity index (χ0) is 16.1. The highest BCUT2D eigenvalue weighted by Gasteiger charge is 2.14. The average molecular weight is 301 g/mol. The van der Waals surface area contributed by atoms with Crippen LogP contribution in [0.15, 0.2) is 48.8 Å². The van der Waals surface area contributed by atoms with Crippen LogP contribution in [-0.4, -0.2) is 16.6 Å². The Morgan fingerprint density at radius 2 is 1.68 bits per heavy atom. The first-order valence-corrected chi connectivity index (χ1v) is 6.29. The third kappa shape index (κ3) is 3.49. The number of hydrogen-bond acceptors (Lipinski definition) is 5. The van der Waals surface area contributed by atoms with Gasteiger partial charge in [-0.1, -0.05) is 0 Å². The number of ketones is 1. The second-order valence-corrected chi connectivity index (χ2v) is 4.46. The van der Waals surface area contributed by atoms with Crippen LogP contribution >= 0.6 is 0 Å².